The van der Waals surface area contributed by atoms with E-state index in [1.807, 2.05) is 7.05 Å². The van der Waals surface area contributed by atoms with Crippen LogP contribution in [0.2, 0.25) is 0 Å². The second-order valence-corrected chi connectivity index (χ2v) is 4.40. The summed E-state index contributed by atoms with van der Waals surface area (Å²) in [5.41, 5.74) is 0. The molecule has 2 heterocycles. The van der Waals surface area contributed by atoms with E-state index in [9.17, 15) is 9.90 Å². The molecule has 0 aromatic heterocycles. The molecule has 0 spiro atoms. The number of likely N-dealkylation sites (N-methyl/N-ethyl adjacent to an activating group) is 1. The van der Waals surface area contributed by atoms with Crippen LogP contribution in [0.4, 0.5) is 0 Å². The normalized spacial score (nSPS) is 41.3. The monoisotopic (exact) mass is 214 g/mol. The number of aliphatic hydroxyl groups is 1. The van der Waals surface area contributed by atoms with Crippen molar-refractivity contribution in [2.75, 3.05) is 27.2 Å². The number of fused-ring (bicyclic) bond motifs is 2. The van der Waals surface area contributed by atoms with Crippen molar-refractivity contribution in [1.82, 2.24) is 10.2 Å². The highest BCUT2D eigenvalue weighted by Gasteiger charge is 2.46. The second kappa shape index (κ2) is 4.08. The zero-order valence-electron chi connectivity index (χ0n) is 9.14. The molecule has 4 atom stereocenters. The van der Waals surface area contributed by atoms with Crippen LogP contribution in [0.1, 0.15) is 6.42 Å². The summed E-state index contributed by atoms with van der Waals surface area (Å²) in [5.74, 6) is -0.717. The summed E-state index contributed by atoms with van der Waals surface area (Å²) in [4.78, 5) is 13.8. The third-order valence-corrected chi connectivity index (χ3v) is 3.65. The van der Waals surface area contributed by atoms with E-state index in [2.05, 4.69) is 10.2 Å². The van der Waals surface area contributed by atoms with Crippen LogP contribution in [0.3, 0.4) is 0 Å². The first-order chi connectivity index (χ1) is 7.15. The Morgan fingerprint density at radius 3 is 2.93 bits per heavy atom. The van der Waals surface area contributed by atoms with Crippen molar-refractivity contribution in [3.05, 3.63) is 0 Å². The summed E-state index contributed by atoms with van der Waals surface area (Å²) in [7, 11) is 3.38. The van der Waals surface area contributed by atoms with Crippen molar-refractivity contribution in [3.8, 4) is 0 Å². The number of carbonyl (C=O) groups is 1. The molecule has 0 aromatic rings. The molecule has 0 radical (unpaired) electrons. The molecule has 4 unspecified atom stereocenters. The van der Waals surface area contributed by atoms with Gasteiger partial charge in [-0.1, -0.05) is 0 Å². The molecule has 5 nitrogen and oxygen atoms in total. The summed E-state index contributed by atoms with van der Waals surface area (Å²) in [5, 5.41) is 13.2. The number of hydrogen-bond acceptors (Lipinski definition) is 5. The van der Waals surface area contributed by atoms with Gasteiger partial charge in [-0.3, -0.25) is 9.69 Å². The summed E-state index contributed by atoms with van der Waals surface area (Å²) in [6.07, 6.45) is 0.0745. The van der Waals surface area contributed by atoms with E-state index in [-0.39, 0.29) is 12.0 Å². The number of esters is 1. The van der Waals surface area contributed by atoms with Crippen LogP contribution in [-0.2, 0) is 9.53 Å². The SMILES string of the molecule is COC(=O)C1C(O)CC2CNCC1N2C. The van der Waals surface area contributed by atoms with Gasteiger partial charge in [-0.05, 0) is 13.5 Å². The van der Waals surface area contributed by atoms with Crippen LogP contribution in [-0.4, -0.2) is 61.4 Å². The molecular formula is C10H18N2O3. The number of rotatable bonds is 1. The number of piperazine rings is 1. The molecule has 0 saturated carbocycles. The van der Waals surface area contributed by atoms with Gasteiger partial charge in [0.2, 0.25) is 0 Å². The number of piperidine rings is 1. The number of carbonyl (C=O) groups excluding carboxylic acids is 1. The Bertz CT molecular complexity index is 259. The lowest BCUT2D eigenvalue weighted by atomic mass is 9.81. The molecule has 86 valence electrons. The lowest BCUT2D eigenvalue weighted by Gasteiger charge is -2.49. The molecule has 0 aromatic carbocycles. The molecule has 15 heavy (non-hydrogen) atoms. The van der Waals surface area contributed by atoms with Crippen LogP contribution in [0.15, 0.2) is 0 Å². The van der Waals surface area contributed by atoms with Gasteiger partial charge in [-0.25, -0.2) is 0 Å². The van der Waals surface area contributed by atoms with E-state index in [1.165, 1.54) is 7.11 Å². The van der Waals surface area contributed by atoms with E-state index >= 15 is 0 Å². The van der Waals surface area contributed by atoms with Gasteiger partial charge in [-0.2, -0.15) is 0 Å². The average Bonchev–Trinajstić information content (AvgIpc) is 2.20. The van der Waals surface area contributed by atoms with E-state index in [4.69, 9.17) is 4.74 Å². The number of aliphatic hydroxyl groups excluding tert-OH is 1. The van der Waals surface area contributed by atoms with Crippen molar-refractivity contribution in [3.63, 3.8) is 0 Å². The highest BCUT2D eigenvalue weighted by atomic mass is 16.5. The van der Waals surface area contributed by atoms with Gasteiger partial charge in [-0.15, -0.1) is 0 Å². The molecule has 5 heteroatoms. The third kappa shape index (κ3) is 1.75. The summed E-state index contributed by atoms with van der Waals surface area (Å²) in [6.45, 7) is 1.63. The lowest BCUT2D eigenvalue weighted by molar-refractivity contribution is -0.159. The van der Waals surface area contributed by atoms with Gasteiger partial charge in [0.05, 0.1) is 19.1 Å². The predicted molar refractivity (Wildman–Crippen MR) is 54.3 cm³/mol. The first-order valence-electron chi connectivity index (χ1n) is 5.33. The standard InChI is InChI=1S/C10H18N2O3/c1-12-6-3-8(13)9(10(14)15-2)7(12)5-11-4-6/h6-9,11,13H,3-5H2,1-2H3. The Labute approximate surface area is 89.4 Å². The Morgan fingerprint density at radius 2 is 2.27 bits per heavy atom. The second-order valence-electron chi connectivity index (χ2n) is 4.40. The first-order valence-corrected chi connectivity index (χ1v) is 5.33. The maximum Gasteiger partial charge on any atom is 0.312 e. The third-order valence-electron chi connectivity index (χ3n) is 3.65. The molecule has 2 fully saturated rings. The topological polar surface area (TPSA) is 61.8 Å². The first kappa shape index (κ1) is 10.9. The van der Waals surface area contributed by atoms with E-state index in [0.29, 0.717) is 12.5 Å². The Hall–Kier alpha value is -0.650. The van der Waals surface area contributed by atoms with Gasteiger partial charge in [0.25, 0.3) is 0 Å². The molecule has 2 rings (SSSR count). The fourth-order valence-corrected chi connectivity index (χ4v) is 2.72. The van der Waals surface area contributed by atoms with Crippen molar-refractivity contribution in [2.24, 2.45) is 5.92 Å². The molecule has 2 bridgehead atoms. The fraction of sp³-hybridized carbons (Fsp3) is 0.900. The van der Waals surface area contributed by atoms with Gasteiger partial charge in [0, 0.05) is 25.2 Å². The highest BCUT2D eigenvalue weighted by Crippen LogP contribution is 2.29. The zero-order valence-corrected chi connectivity index (χ0v) is 9.14. The summed E-state index contributed by atoms with van der Waals surface area (Å²) in [6, 6.07) is 0.389. The molecule has 0 aliphatic carbocycles. The Kier molecular flexibility index (Phi) is 2.95. The molecule has 0 amide bonds. The van der Waals surface area contributed by atoms with Crippen LogP contribution in [0.5, 0.6) is 0 Å². The number of hydrogen-bond donors (Lipinski definition) is 2. The van der Waals surface area contributed by atoms with Crippen LogP contribution in [0, 0.1) is 5.92 Å². The zero-order chi connectivity index (χ0) is 11.0. The number of nitrogens with one attached hydrogen (secondary N) is 1. The molecule has 2 saturated heterocycles. The minimum atomic E-state index is -0.564. The van der Waals surface area contributed by atoms with Crippen LogP contribution >= 0.6 is 0 Å². The number of nitrogens with zero attached hydrogens (tertiary/aromatic N) is 1. The Balaban J connectivity index is 2.18. The van der Waals surface area contributed by atoms with Crippen molar-refractivity contribution in [1.29, 1.82) is 0 Å². The van der Waals surface area contributed by atoms with E-state index < -0.39 is 12.0 Å². The van der Waals surface area contributed by atoms with Gasteiger partial charge < -0.3 is 15.2 Å². The van der Waals surface area contributed by atoms with Crippen molar-refractivity contribution in [2.45, 2.75) is 24.6 Å². The minimum Gasteiger partial charge on any atom is -0.469 e. The maximum absolute atomic E-state index is 11.6. The average molecular weight is 214 g/mol. The quantitative estimate of drug-likeness (QED) is 0.538. The van der Waals surface area contributed by atoms with Crippen molar-refractivity contribution >= 4 is 5.97 Å². The van der Waals surface area contributed by atoms with E-state index in [1.54, 1.807) is 0 Å². The van der Waals surface area contributed by atoms with Gasteiger partial charge >= 0.3 is 5.97 Å². The molecule has 2 aliphatic heterocycles. The van der Waals surface area contributed by atoms with Gasteiger partial charge in [0.15, 0.2) is 0 Å². The maximum atomic E-state index is 11.6. The van der Waals surface area contributed by atoms with Crippen molar-refractivity contribution < 1.29 is 14.6 Å². The number of methoxy groups -OCH3 is 1. The molecule has 2 N–H and O–H groups in total. The largest absolute Gasteiger partial charge is 0.469 e. The van der Waals surface area contributed by atoms with Crippen LogP contribution < -0.4 is 5.32 Å². The Morgan fingerprint density at radius 1 is 1.53 bits per heavy atom. The predicted octanol–water partition coefficient (Wildman–Crippen LogP) is -1.19. The smallest absolute Gasteiger partial charge is 0.312 e. The van der Waals surface area contributed by atoms with E-state index in [0.717, 1.165) is 13.1 Å². The summed E-state index contributed by atoms with van der Waals surface area (Å²) >= 11 is 0. The molecular weight excluding hydrogens is 196 g/mol. The molecule has 2 aliphatic rings. The number of ether oxygens (including phenoxy) is 1. The highest BCUT2D eigenvalue weighted by molar-refractivity contribution is 5.74. The minimum absolute atomic E-state index is 0.0555. The fourth-order valence-electron chi connectivity index (χ4n) is 2.72. The van der Waals surface area contributed by atoms with Crippen LogP contribution in [0.25, 0.3) is 0 Å². The summed E-state index contributed by atoms with van der Waals surface area (Å²) < 4.78 is 4.75. The van der Waals surface area contributed by atoms with Gasteiger partial charge in [0.1, 0.15) is 0 Å². The lowest BCUT2D eigenvalue weighted by Crippen LogP contribution is -2.66.